The zero-order chi connectivity index (χ0) is 20.6. The first kappa shape index (κ1) is 20.8. The monoisotopic (exact) mass is 405 g/mol. The average Bonchev–Trinajstić information content (AvgIpc) is 2.71. The molecule has 3 aromatic rings. The molecule has 0 aliphatic heterocycles. The van der Waals surface area contributed by atoms with Crippen molar-refractivity contribution >= 4 is 39.7 Å². The van der Waals surface area contributed by atoms with Gasteiger partial charge in [-0.05, 0) is 66.0 Å². The maximum absolute atomic E-state index is 11.0. The lowest BCUT2D eigenvalue weighted by Gasteiger charge is -2.13. The van der Waals surface area contributed by atoms with E-state index < -0.39 is 0 Å². The van der Waals surface area contributed by atoms with Gasteiger partial charge in [-0.25, -0.2) is 0 Å². The van der Waals surface area contributed by atoms with Gasteiger partial charge in [0.25, 0.3) is 0 Å². The number of hydrogen-bond acceptors (Lipinski definition) is 2. The van der Waals surface area contributed by atoms with E-state index >= 15 is 0 Å². The molecule has 0 aliphatic carbocycles. The van der Waals surface area contributed by atoms with Crippen LogP contribution in [-0.4, -0.2) is 17.6 Å². The van der Waals surface area contributed by atoms with Gasteiger partial charge >= 0.3 is 0 Å². The van der Waals surface area contributed by atoms with E-state index in [9.17, 15) is 4.79 Å². The van der Waals surface area contributed by atoms with Crippen molar-refractivity contribution in [1.29, 1.82) is 0 Å². The van der Waals surface area contributed by atoms with Gasteiger partial charge in [-0.2, -0.15) is 0 Å². The summed E-state index contributed by atoms with van der Waals surface area (Å²) in [5.74, 6) is 0.0149. The molecule has 29 heavy (non-hydrogen) atoms. The summed E-state index contributed by atoms with van der Waals surface area (Å²) in [6.07, 6.45) is 1.82. The summed E-state index contributed by atoms with van der Waals surface area (Å²) in [5.41, 5.74) is 4.68. The van der Waals surface area contributed by atoms with E-state index in [4.69, 9.17) is 12.2 Å². The molecule has 0 saturated carbocycles. The number of carbonyl (C=O) groups is 1. The number of carbonyl (C=O) groups excluding carboxylic acids is 1. The molecule has 3 N–H and O–H groups in total. The lowest BCUT2D eigenvalue weighted by Crippen LogP contribution is -2.27. The normalized spacial score (nSPS) is 10.6. The van der Waals surface area contributed by atoms with E-state index in [0.29, 0.717) is 18.2 Å². The van der Waals surface area contributed by atoms with Crippen LogP contribution in [0, 0.1) is 6.92 Å². The first-order valence-electron chi connectivity index (χ1n) is 9.88. The number of amides is 1. The molecule has 0 fully saturated rings. The van der Waals surface area contributed by atoms with Crippen LogP contribution in [0.15, 0.2) is 60.7 Å². The highest BCUT2D eigenvalue weighted by Gasteiger charge is 2.05. The van der Waals surface area contributed by atoms with Crippen LogP contribution in [-0.2, 0) is 17.8 Å². The van der Waals surface area contributed by atoms with Crippen molar-refractivity contribution in [1.82, 2.24) is 10.6 Å². The molecular weight excluding hydrogens is 378 g/mol. The maximum atomic E-state index is 11.0. The molecule has 0 atom stereocenters. The van der Waals surface area contributed by atoms with Crippen LogP contribution in [0.4, 0.5) is 5.69 Å². The predicted molar refractivity (Wildman–Crippen MR) is 125 cm³/mol. The van der Waals surface area contributed by atoms with Gasteiger partial charge in [0.2, 0.25) is 5.91 Å². The van der Waals surface area contributed by atoms with E-state index in [1.807, 2.05) is 6.07 Å². The molecular formula is C24H27N3OS. The van der Waals surface area contributed by atoms with Gasteiger partial charge in [0.15, 0.2) is 5.11 Å². The third-order valence-electron chi connectivity index (χ3n) is 4.80. The second-order valence-electron chi connectivity index (χ2n) is 7.23. The molecule has 0 bridgehead atoms. The Morgan fingerprint density at radius 1 is 1.00 bits per heavy atom. The van der Waals surface area contributed by atoms with Gasteiger partial charge < -0.3 is 16.0 Å². The predicted octanol–water partition coefficient (Wildman–Crippen LogP) is 4.70. The molecule has 1 amide bonds. The Labute approximate surface area is 177 Å². The Bertz CT molecular complexity index is 999. The number of aryl methyl sites for hydroxylation is 2. The van der Waals surface area contributed by atoms with E-state index in [0.717, 1.165) is 18.5 Å². The van der Waals surface area contributed by atoms with Gasteiger partial charge in [-0.1, -0.05) is 54.1 Å². The second-order valence-corrected chi connectivity index (χ2v) is 7.64. The minimum atomic E-state index is 0.0149. The topological polar surface area (TPSA) is 53.2 Å². The molecule has 0 aromatic heterocycles. The molecule has 0 saturated heterocycles. The van der Waals surface area contributed by atoms with Crippen molar-refractivity contribution in [2.45, 2.75) is 33.2 Å². The Balaban J connectivity index is 1.63. The molecule has 3 rings (SSSR count). The fourth-order valence-electron chi connectivity index (χ4n) is 3.24. The first-order chi connectivity index (χ1) is 14.0. The molecule has 5 heteroatoms. The van der Waals surface area contributed by atoms with Crippen molar-refractivity contribution in [2.24, 2.45) is 0 Å². The minimum Gasteiger partial charge on any atom is -0.358 e. The standard InChI is InChI=1S/C24H27N3OS/c1-17-8-10-19(11-9-17)16-26-24(29)27-22-13-12-21-6-3-5-20(23(21)15-22)7-4-14-25-18(2)28/h3,5-6,8-13,15H,4,7,14,16H2,1-2H3,(H,25,28)(H2,26,27,29). The van der Waals surface area contributed by atoms with Crippen LogP contribution >= 0.6 is 12.2 Å². The molecule has 3 aromatic carbocycles. The van der Waals surface area contributed by atoms with Crippen LogP contribution in [0.3, 0.4) is 0 Å². The fourth-order valence-corrected chi connectivity index (χ4v) is 3.43. The third kappa shape index (κ3) is 6.29. The smallest absolute Gasteiger partial charge is 0.216 e. The Morgan fingerprint density at radius 3 is 2.55 bits per heavy atom. The van der Waals surface area contributed by atoms with Crippen molar-refractivity contribution in [3.8, 4) is 0 Å². The Morgan fingerprint density at radius 2 is 1.79 bits per heavy atom. The summed E-state index contributed by atoms with van der Waals surface area (Å²) in [5, 5.41) is 12.4. The number of benzene rings is 3. The first-order valence-corrected chi connectivity index (χ1v) is 10.3. The zero-order valence-corrected chi connectivity index (χ0v) is 17.7. The quantitative estimate of drug-likeness (QED) is 0.394. The van der Waals surface area contributed by atoms with Crippen LogP contribution in [0.25, 0.3) is 10.8 Å². The molecule has 0 spiro atoms. The summed E-state index contributed by atoms with van der Waals surface area (Å²) < 4.78 is 0. The van der Waals surface area contributed by atoms with Gasteiger partial charge in [-0.3, -0.25) is 4.79 Å². The van der Waals surface area contributed by atoms with Gasteiger partial charge in [0, 0.05) is 25.7 Å². The highest BCUT2D eigenvalue weighted by atomic mass is 32.1. The number of anilines is 1. The number of thiocarbonyl (C=S) groups is 1. The molecule has 0 unspecified atom stereocenters. The lowest BCUT2D eigenvalue weighted by atomic mass is 10.0. The van der Waals surface area contributed by atoms with E-state index in [-0.39, 0.29) is 5.91 Å². The van der Waals surface area contributed by atoms with Gasteiger partial charge in [0.1, 0.15) is 0 Å². The van der Waals surface area contributed by atoms with Gasteiger partial charge in [0.05, 0.1) is 0 Å². The summed E-state index contributed by atoms with van der Waals surface area (Å²) in [6.45, 7) is 5.01. The molecule has 150 valence electrons. The minimum absolute atomic E-state index is 0.0149. The number of nitrogens with one attached hydrogen (secondary N) is 3. The SMILES string of the molecule is CC(=O)NCCCc1cccc2ccc(NC(=S)NCc3ccc(C)cc3)cc12. The Hall–Kier alpha value is -2.92. The second kappa shape index (κ2) is 10.0. The summed E-state index contributed by atoms with van der Waals surface area (Å²) >= 11 is 5.46. The summed E-state index contributed by atoms with van der Waals surface area (Å²) in [7, 11) is 0. The fraction of sp³-hybridized carbons (Fsp3) is 0.250. The number of rotatable bonds is 7. The Kier molecular flexibility index (Phi) is 7.19. The van der Waals surface area contributed by atoms with Crippen LogP contribution in [0.1, 0.15) is 30.0 Å². The largest absolute Gasteiger partial charge is 0.358 e. The number of hydrogen-bond donors (Lipinski definition) is 3. The van der Waals surface area contributed by atoms with E-state index in [2.05, 4.69) is 77.5 Å². The van der Waals surface area contributed by atoms with Gasteiger partial charge in [-0.15, -0.1) is 0 Å². The van der Waals surface area contributed by atoms with Crippen molar-refractivity contribution in [2.75, 3.05) is 11.9 Å². The van der Waals surface area contributed by atoms with Crippen molar-refractivity contribution in [3.05, 3.63) is 77.4 Å². The van der Waals surface area contributed by atoms with Crippen LogP contribution in [0.5, 0.6) is 0 Å². The average molecular weight is 406 g/mol. The zero-order valence-electron chi connectivity index (χ0n) is 16.9. The van der Waals surface area contributed by atoms with E-state index in [1.165, 1.54) is 27.5 Å². The van der Waals surface area contributed by atoms with E-state index in [1.54, 1.807) is 6.92 Å². The van der Waals surface area contributed by atoms with Crippen molar-refractivity contribution < 1.29 is 4.79 Å². The number of fused-ring (bicyclic) bond motifs is 1. The van der Waals surface area contributed by atoms with Crippen molar-refractivity contribution in [3.63, 3.8) is 0 Å². The molecule has 0 radical (unpaired) electrons. The molecule has 4 nitrogen and oxygen atoms in total. The van der Waals surface area contributed by atoms with Crippen LogP contribution < -0.4 is 16.0 Å². The summed E-state index contributed by atoms with van der Waals surface area (Å²) in [4.78, 5) is 11.0. The summed E-state index contributed by atoms with van der Waals surface area (Å²) in [6, 6.07) is 21.1. The van der Waals surface area contributed by atoms with Crippen LogP contribution in [0.2, 0.25) is 0 Å². The highest BCUT2D eigenvalue weighted by Crippen LogP contribution is 2.24. The maximum Gasteiger partial charge on any atom is 0.216 e. The highest BCUT2D eigenvalue weighted by molar-refractivity contribution is 7.80. The third-order valence-corrected chi connectivity index (χ3v) is 5.05. The molecule has 0 heterocycles. The lowest BCUT2D eigenvalue weighted by molar-refractivity contribution is -0.118. The molecule has 0 aliphatic rings.